The van der Waals surface area contributed by atoms with Crippen molar-refractivity contribution in [3.63, 3.8) is 0 Å². The molecule has 0 aromatic heterocycles. The Kier molecular flexibility index (Phi) is 1.47. The van der Waals surface area contributed by atoms with Gasteiger partial charge in [-0.1, -0.05) is 44.0 Å². The first kappa shape index (κ1) is 6.38. The van der Waals surface area contributed by atoms with Crippen LogP contribution in [0.2, 0.25) is 0 Å². The summed E-state index contributed by atoms with van der Waals surface area (Å²) < 4.78 is 5.35. The first-order chi connectivity index (χ1) is 4.29. The Hall–Kier alpha value is 0.660. The first-order valence-corrected chi connectivity index (χ1v) is 4.74. The van der Waals surface area contributed by atoms with Crippen LogP contribution in [0.15, 0.2) is 12.2 Å². The quantitative estimate of drug-likeness (QED) is 0.365. The van der Waals surface area contributed by atoms with Gasteiger partial charge in [0.2, 0.25) is 0 Å². The lowest BCUT2D eigenvalue weighted by Gasteiger charge is -2.07. The molecule has 4 atom stereocenters. The fourth-order valence-electron chi connectivity index (χ4n) is 1.08. The highest BCUT2D eigenvalue weighted by Crippen LogP contribution is 2.39. The lowest BCUT2D eigenvalue weighted by Crippen LogP contribution is -2.18. The third-order valence-corrected chi connectivity index (χ3v) is 3.32. The van der Waals surface area contributed by atoms with Crippen molar-refractivity contribution in [3.05, 3.63) is 12.2 Å². The predicted octanol–water partition coefficient (Wildman–Crippen LogP) is 1.85. The third-order valence-electron chi connectivity index (χ3n) is 1.67. The Labute approximate surface area is 70.7 Å². The molecule has 0 aromatic rings. The fraction of sp³-hybridized carbons (Fsp3) is 0.667. The monoisotopic (exact) mass is 252 g/mol. The van der Waals surface area contributed by atoms with Crippen LogP contribution in [-0.2, 0) is 4.74 Å². The van der Waals surface area contributed by atoms with E-state index in [1.54, 1.807) is 0 Å². The highest BCUT2D eigenvalue weighted by atomic mass is 79.9. The maximum Gasteiger partial charge on any atom is 0.102 e. The molecule has 50 valence electrons. The SMILES string of the molecule is BrC1C=CC(Br)C2OC12. The highest BCUT2D eigenvalue weighted by molar-refractivity contribution is 9.10. The summed E-state index contributed by atoms with van der Waals surface area (Å²) in [6.07, 6.45) is 5.12. The zero-order valence-corrected chi connectivity index (χ0v) is 7.80. The summed E-state index contributed by atoms with van der Waals surface area (Å²) in [5, 5.41) is 0. The van der Waals surface area contributed by atoms with E-state index in [9.17, 15) is 0 Å². The summed E-state index contributed by atoms with van der Waals surface area (Å²) in [6.45, 7) is 0. The molecule has 0 radical (unpaired) electrons. The largest absolute Gasteiger partial charge is 0.366 e. The molecule has 9 heavy (non-hydrogen) atoms. The van der Waals surface area contributed by atoms with Gasteiger partial charge in [0, 0.05) is 0 Å². The number of hydrogen-bond donors (Lipinski definition) is 0. The van der Waals surface area contributed by atoms with Crippen molar-refractivity contribution in [2.45, 2.75) is 21.9 Å². The number of rotatable bonds is 0. The molecule has 0 aromatic carbocycles. The second-order valence-corrected chi connectivity index (χ2v) is 4.45. The molecule has 4 unspecified atom stereocenters. The summed E-state index contributed by atoms with van der Waals surface area (Å²) in [4.78, 5) is 0.882. The van der Waals surface area contributed by atoms with Gasteiger partial charge in [-0.3, -0.25) is 0 Å². The summed E-state index contributed by atoms with van der Waals surface area (Å²) >= 11 is 6.98. The van der Waals surface area contributed by atoms with Crippen molar-refractivity contribution in [2.75, 3.05) is 0 Å². The Morgan fingerprint density at radius 3 is 1.89 bits per heavy atom. The number of epoxide rings is 1. The summed E-state index contributed by atoms with van der Waals surface area (Å²) in [6, 6.07) is 0. The van der Waals surface area contributed by atoms with E-state index in [1.165, 1.54) is 0 Å². The predicted molar refractivity (Wildman–Crippen MR) is 43.2 cm³/mol. The van der Waals surface area contributed by atoms with Crippen molar-refractivity contribution < 1.29 is 4.74 Å². The van der Waals surface area contributed by atoms with Gasteiger partial charge >= 0.3 is 0 Å². The van der Waals surface area contributed by atoms with Crippen LogP contribution in [0.25, 0.3) is 0 Å². The van der Waals surface area contributed by atoms with Crippen LogP contribution >= 0.6 is 31.9 Å². The molecular weight excluding hydrogens is 248 g/mol. The Bertz CT molecular complexity index is 141. The van der Waals surface area contributed by atoms with E-state index in [0.29, 0.717) is 21.9 Å². The molecule has 1 fully saturated rings. The maximum absolute atomic E-state index is 5.35. The van der Waals surface area contributed by atoms with Crippen LogP contribution in [0.1, 0.15) is 0 Å². The van der Waals surface area contributed by atoms with Gasteiger partial charge in [0.1, 0.15) is 12.2 Å². The highest BCUT2D eigenvalue weighted by Gasteiger charge is 2.48. The molecule has 3 heteroatoms. The lowest BCUT2D eigenvalue weighted by molar-refractivity contribution is 0.382. The molecule has 0 N–H and O–H groups in total. The topological polar surface area (TPSA) is 12.5 Å². The Morgan fingerprint density at radius 2 is 1.44 bits per heavy atom. The van der Waals surface area contributed by atoms with Crippen LogP contribution in [-0.4, -0.2) is 21.9 Å². The second kappa shape index (κ2) is 2.07. The molecule has 1 saturated heterocycles. The van der Waals surface area contributed by atoms with E-state index in [4.69, 9.17) is 4.74 Å². The smallest absolute Gasteiger partial charge is 0.102 e. The molecule has 0 spiro atoms. The van der Waals surface area contributed by atoms with Gasteiger partial charge < -0.3 is 4.74 Å². The molecule has 1 nitrogen and oxygen atoms in total. The minimum absolute atomic E-state index is 0.430. The zero-order chi connectivity index (χ0) is 6.43. The van der Waals surface area contributed by atoms with Crippen LogP contribution in [0.3, 0.4) is 0 Å². The zero-order valence-electron chi connectivity index (χ0n) is 4.63. The summed E-state index contributed by atoms with van der Waals surface area (Å²) in [5.74, 6) is 0. The van der Waals surface area contributed by atoms with E-state index < -0.39 is 0 Å². The summed E-state index contributed by atoms with van der Waals surface area (Å²) in [7, 11) is 0. The van der Waals surface area contributed by atoms with E-state index in [-0.39, 0.29) is 0 Å². The van der Waals surface area contributed by atoms with Gasteiger partial charge in [0.25, 0.3) is 0 Å². The average molecular weight is 254 g/mol. The minimum atomic E-state index is 0.430. The van der Waals surface area contributed by atoms with Gasteiger partial charge in [0.05, 0.1) is 9.65 Å². The average Bonchev–Trinajstić information content (AvgIpc) is 2.57. The number of halogens is 2. The fourth-order valence-corrected chi connectivity index (χ4v) is 2.28. The van der Waals surface area contributed by atoms with Crippen molar-refractivity contribution in [2.24, 2.45) is 0 Å². The molecular formula is C6H6Br2O. The molecule has 0 bridgehead atoms. The Balaban J connectivity index is 2.15. The molecule has 1 heterocycles. The standard InChI is InChI=1S/C6H6Br2O/c7-3-1-2-4(8)6-5(3)9-6/h1-6H. The van der Waals surface area contributed by atoms with Crippen molar-refractivity contribution >= 4 is 31.9 Å². The lowest BCUT2D eigenvalue weighted by atomic mass is 10.1. The Morgan fingerprint density at radius 1 is 1.00 bits per heavy atom. The van der Waals surface area contributed by atoms with E-state index in [1.807, 2.05) is 0 Å². The normalized spacial score (nSPS) is 54.9. The van der Waals surface area contributed by atoms with Crippen LogP contribution in [0.4, 0.5) is 0 Å². The van der Waals surface area contributed by atoms with Crippen LogP contribution in [0, 0.1) is 0 Å². The number of hydrogen-bond acceptors (Lipinski definition) is 1. The molecule has 2 rings (SSSR count). The van der Waals surface area contributed by atoms with Gasteiger partial charge in [-0.25, -0.2) is 0 Å². The van der Waals surface area contributed by atoms with Crippen LogP contribution in [0.5, 0.6) is 0 Å². The number of fused-ring (bicyclic) bond motifs is 1. The number of alkyl halides is 2. The second-order valence-electron chi connectivity index (χ2n) is 2.34. The van der Waals surface area contributed by atoms with Gasteiger partial charge in [0.15, 0.2) is 0 Å². The molecule has 2 aliphatic rings. The van der Waals surface area contributed by atoms with E-state index in [0.717, 1.165) is 0 Å². The van der Waals surface area contributed by atoms with Crippen molar-refractivity contribution in [3.8, 4) is 0 Å². The van der Waals surface area contributed by atoms with Crippen LogP contribution < -0.4 is 0 Å². The van der Waals surface area contributed by atoms with E-state index >= 15 is 0 Å². The van der Waals surface area contributed by atoms with Gasteiger partial charge in [-0.15, -0.1) is 0 Å². The summed E-state index contributed by atoms with van der Waals surface area (Å²) in [5.41, 5.74) is 0. The molecule has 0 saturated carbocycles. The number of ether oxygens (including phenoxy) is 1. The molecule has 1 aliphatic carbocycles. The van der Waals surface area contributed by atoms with Crippen molar-refractivity contribution in [1.29, 1.82) is 0 Å². The molecule has 1 aliphatic heterocycles. The van der Waals surface area contributed by atoms with Crippen molar-refractivity contribution in [1.82, 2.24) is 0 Å². The third kappa shape index (κ3) is 0.994. The first-order valence-electron chi connectivity index (χ1n) is 2.91. The van der Waals surface area contributed by atoms with Gasteiger partial charge in [-0.2, -0.15) is 0 Å². The van der Waals surface area contributed by atoms with Gasteiger partial charge in [-0.05, 0) is 0 Å². The maximum atomic E-state index is 5.35. The van der Waals surface area contributed by atoms with E-state index in [2.05, 4.69) is 44.0 Å². The minimum Gasteiger partial charge on any atom is -0.366 e. The molecule has 0 amide bonds.